The smallest absolute Gasteiger partial charge is 0.0948 e. The van der Waals surface area contributed by atoms with Crippen molar-refractivity contribution in [3.8, 4) is 66.8 Å². The van der Waals surface area contributed by atoms with Crippen molar-refractivity contribution < 1.29 is 0 Å². The van der Waals surface area contributed by atoms with Crippen LogP contribution in [-0.2, 0) is 28.1 Å². The van der Waals surface area contributed by atoms with Crippen molar-refractivity contribution in [3.05, 3.63) is 341 Å². The molecule has 0 aromatic heterocycles. The third-order valence-electron chi connectivity index (χ3n) is 21.1. The van der Waals surface area contributed by atoms with Crippen LogP contribution in [-0.4, -0.2) is 0 Å². The molecule has 16 rings (SSSR count). The van der Waals surface area contributed by atoms with Crippen LogP contribution < -0.4 is 14.7 Å². The minimum absolute atomic E-state index is 0.0693. The topological polar surface area (TPSA) is 9.72 Å². The van der Waals surface area contributed by atoms with E-state index in [0.717, 1.165) is 68.7 Å². The summed E-state index contributed by atoms with van der Waals surface area (Å²) in [5.74, 6) is -0.0777. The van der Waals surface area contributed by atoms with Gasteiger partial charge in [0, 0.05) is 17.0 Å². The number of hydrogen-bond acceptors (Lipinski definition) is 3. The molecule has 99 heavy (non-hydrogen) atoms. The molecule has 1 aliphatic carbocycles. The fourth-order valence-electron chi connectivity index (χ4n) is 15.6. The van der Waals surface area contributed by atoms with Crippen LogP contribution in [0.3, 0.4) is 0 Å². The van der Waals surface area contributed by atoms with Crippen molar-refractivity contribution in [2.75, 3.05) is 14.7 Å². The Morgan fingerprint density at radius 3 is 0.909 bits per heavy atom. The normalized spacial score (nSPS) is 13.5. The number of fused-ring (bicyclic) bond motifs is 6. The maximum atomic E-state index is 2.68. The average Bonchev–Trinajstić information content (AvgIpc) is 0.688. The lowest BCUT2D eigenvalue weighted by Crippen LogP contribution is -2.31. The van der Waals surface area contributed by atoms with E-state index in [-0.39, 0.29) is 27.6 Å². The minimum Gasteiger partial charge on any atom is -0.306 e. The van der Waals surface area contributed by atoms with E-state index in [9.17, 15) is 0 Å². The molecule has 0 radical (unpaired) electrons. The van der Waals surface area contributed by atoms with E-state index >= 15 is 0 Å². The molecular weight excluding hydrogens is 1200 g/mol. The first-order valence-corrected chi connectivity index (χ1v) is 35.5. The number of hydrogen-bond donors (Lipinski definition) is 0. The van der Waals surface area contributed by atoms with E-state index in [0.29, 0.717) is 0 Å². The Bertz CT molecular complexity index is 4940. The van der Waals surface area contributed by atoms with Crippen LogP contribution in [0, 0.1) is 0 Å². The molecule has 0 atom stereocenters. The molecule has 0 N–H and O–H groups in total. The molecule has 0 bridgehead atoms. The van der Waals surface area contributed by atoms with Gasteiger partial charge >= 0.3 is 0 Å². The van der Waals surface area contributed by atoms with Crippen molar-refractivity contribution in [2.45, 2.75) is 117 Å². The van der Waals surface area contributed by atoms with Gasteiger partial charge in [-0.2, -0.15) is 0 Å². The zero-order valence-electron chi connectivity index (χ0n) is 59.3. The molecule has 486 valence electrons. The van der Waals surface area contributed by atoms with Crippen LogP contribution in [0.1, 0.15) is 139 Å². The summed E-state index contributed by atoms with van der Waals surface area (Å²) in [5.41, 5.74) is 35.5. The van der Waals surface area contributed by atoms with E-state index in [2.05, 4.69) is 389 Å². The first-order valence-electron chi connectivity index (χ1n) is 35.5. The highest BCUT2D eigenvalue weighted by Gasteiger charge is 2.43. The van der Waals surface area contributed by atoms with E-state index in [1.54, 1.807) is 0 Å². The van der Waals surface area contributed by atoms with Gasteiger partial charge in [0.05, 0.1) is 51.2 Å². The second-order valence-corrected chi connectivity index (χ2v) is 31.8. The van der Waals surface area contributed by atoms with Crippen LogP contribution in [0.2, 0.25) is 0 Å². The summed E-state index contributed by atoms with van der Waals surface area (Å²) in [4.78, 5) is 7.98. The van der Waals surface area contributed by atoms with Crippen molar-refractivity contribution in [3.63, 3.8) is 0 Å². The Balaban J connectivity index is 1.08. The molecule has 0 saturated carbocycles. The minimum atomic E-state index is -0.123. The summed E-state index contributed by atoms with van der Waals surface area (Å²) in [6, 6.07) is 112. The van der Waals surface area contributed by atoms with E-state index in [1.165, 1.54) is 106 Å². The van der Waals surface area contributed by atoms with Crippen molar-refractivity contribution in [1.29, 1.82) is 0 Å². The molecule has 3 aliphatic rings. The lowest BCUT2D eigenvalue weighted by Gasteiger charge is -2.48. The summed E-state index contributed by atoms with van der Waals surface area (Å²) in [6.07, 6.45) is 0.884. The van der Waals surface area contributed by atoms with Gasteiger partial charge in [-0.05, 0) is 194 Å². The molecule has 0 saturated heterocycles. The number of rotatable bonds is 9. The fourth-order valence-corrected chi connectivity index (χ4v) is 15.6. The first kappa shape index (κ1) is 63.0. The van der Waals surface area contributed by atoms with Crippen LogP contribution >= 0.6 is 0 Å². The van der Waals surface area contributed by atoms with E-state index < -0.39 is 0 Å². The van der Waals surface area contributed by atoms with Crippen LogP contribution in [0.25, 0.3) is 66.8 Å². The van der Waals surface area contributed by atoms with Gasteiger partial charge in [-0.15, -0.1) is 0 Å². The van der Waals surface area contributed by atoms with Crippen molar-refractivity contribution in [2.24, 2.45) is 0 Å². The molecule has 2 aliphatic heterocycles. The molecule has 0 fully saturated rings. The lowest BCUT2D eigenvalue weighted by molar-refractivity contribution is 0.590. The van der Waals surface area contributed by atoms with Gasteiger partial charge in [-0.25, -0.2) is 0 Å². The molecule has 2 heterocycles. The van der Waals surface area contributed by atoms with E-state index in [4.69, 9.17) is 0 Å². The van der Waals surface area contributed by atoms with Gasteiger partial charge in [0.2, 0.25) is 0 Å². The number of benzene rings is 13. The SMILES string of the molecule is CC(C)(C)c1ccc(-c2ccc3c(c2)N2c4cc(-c5ccc(C(C)(C)C)cc5-c5ccccc5)ccc4N(c4ccc(C(C)(C)C)cc4-c4ccccc4)c4cc(C5c6ccccc6Cc6ccccc65)cc(c42)N3c2ccc(C(C)(C)C)cc2-c2ccccc2)c(-c2ccccc2)c1. The van der Waals surface area contributed by atoms with Crippen LogP contribution in [0.4, 0.5) is 51.2 Å². The van der Waals surface area contributed by atoms with Gasteiger partial charge in [0.15, 0.2) is 0 Å². The summed E-state index contributed by atoms with van der Waals surface area (Å²) >= 11 is 0. The Morgan fingerprint density at radius 2 is 0.545 bits per heavy atom. The molecule has 3 nitrogen and oxygen atoms in total. The monoisotopic (exact) mass is 1280 g/mol. The molecule has 3 heteroatoms. The quantitative estimate of drug-likeness (QED) is 0.143. The summed E-state index contributed by atoms with van der Waals surface area (Å²) in [5, 5.41) is 0. The number of anilines is 9. The summed E-state index contributed by atoms with van der Waals surface area (Å²) < 4.78 is 0. The third-order valence-corrected chi connectivity index (χ3v) is 21.1. The summed E-state index contributed by atoms with van der Waals surface area (Å²) in [6.45, 7) is 28.0. The number of nitrogens with zero attached hydrogens (tertiary/aromatic N) is 3. The Morgan fingerprint density at radius 1 is 0.232 bits per heavy atom. The largest absolute Gasteiger partial charge is 0.306 e. The highest BCUT2D eigenvalue weighted by atomic mass is 15.3. The molecule has 0 unspecified atom stereocenters. The molecule has 0 spiro atoms. The Hall–Kier alpha value is -10.7. The third kappa shape index (κ3) is 11.3. The van der Waals surface area contributed by atoms with Gasteiger partial charge in [0.1, 0.15) is 0 Å². The van der Waals surface area contributed by atoms with Crippen molar-refractivity contribution >= 4 is 51.2 Å². The molecular formula is C96H87N3. The second kappa shape index (κ2) is 24.1. The second-order valence-electron chi connectivity index (χ2n) is 31.8. The molecule has 13 aromatic carbocycles. The predicted octanol–water partition coefficient (Wildman–Crippen LogP) is 27.0. The maximum absolute atomic E-state index is 2.68. The van der Waals surface area contributed by atoms with Crippen molar-refractivity contribution in [1.82, 2.24) is 0 Å². The van der Waals surface area contributed by atoms with Gasteiger partial charge in [-0.3, -0.25) is 0 Å². The maximum Gasteiger partial charge on any atom is 0.0948 e. The summed E-state index contributed by atoms with van der Waals surface area (Å²) in [7, 11) is 0. The van der Waals surface area contributed by atoms with E-state index in [1.807, 2.05) is 0 Å². The Labute approximate surface area is 587 Å². The standard InChI is InChI=1S/C96H87N3/c1-93(2,3)71-43-47-75(79(58-71)62-29-17-13-18-30-62)68-41-49-85-87(54-68)99-88-55-69(76-48-44-72(94(4,5)6)59-80(76)63-31-19-14-20-32-63)42-50-86(88)98(84-52-46-74(96(10,11)12)61-82(84)65-35-23-16-24-36-65)90-57-70(91-77-39-27-25-37-66(77)53-67-38-26-28-40-78(67)91)56-89(92(90)99)97(85)83-51-45-73(95(7,8)9)60-81(83)64-33-21-15-22-34-64/h13-52,54-61,91H,53H2,1-12H3. The molecule has 0 amide bonds. The zero-order valence-corrected chi connectivity index (χ0v) is 59.3. The predicted molar refractivity (Wildman–Crippen MR) is 422 cm³/mol. The molecule has 13 aromatic rings. The Kier molecular flexibility index (Phi) is 15.3. The van der Waals surface area contributed by atoms with Crippen LogP contribution in [0.15, 0.2) is 291 Å². The first-order chi connectivity index (χ1) is 47.6. The van der Waals surface area contributed by atoms with Gasteiger partial charge in [0.25, 0.3) is 0 Å². The highest BCUT2D eigenvalue weighted by Crippen LogP contribution is 2.67. The highest BCUT2D eigenvalue weighted by molar-refractivity contribution is 6.15. The van der Waals surface area contributed by atoms with Gasteiger partial charge < -0.3 is 14.7 Å². The average molecular weight is 1280 g/mol. The van der Waals surface area contributed by atoms with Crippen LogP contribution in [0.5, 0.6) is 0 Å². The lowest BCUT2D eigenvalue weighted by atomic mass is 9.74. The zero-order chi connectivity index (χ0) is 68.3. The fraction of sp³-hybridized carbons (Fsp3) is 0.188. The van der Waals surface area contributed by atoms with Gasteiger partial charge in [-0.1, -0.05) is 314 Å².